The Hall–Kier alpha value is -1.06. The first-order valence-corrected chi connectivity index (χ1v) is 7.20. The Kier molecular flexibility index (Phi) is 4.48. The van der Waals surface area contributed by atoms with Gasteiger partial charge in [0.25, 0.3) is 0 Å². The number of hydrogen-bond donors (Lipinski definition) is 1. The molecule has 0 amide bonds. The van der Waals surface area contributed by atoms with E-state index >= 15 is 0 Å². The fraction of sp³-hybridized carbons (Fsp3) is 0.625. The third kappa shape index (κ3) is 3.48. The SMILES string of the molecule is CC1CC1CN(C)C(CN)c1ccc(N(C)C)cc1. The van der Waals surface area contributed by atoms with Gasteiger partial charge in [0.1, 0.15) is 0 Å². The first kappa shape index (κ1) is 14.4. The maximum absolute atomic E-state index is 5.98. The maximum Gasteiger partial charge on any atom is 0.0467 e. The van der Waals surface area contributed by atoms with Crippen molar-refractivity contribution in [3.63, 3.8) is 0 Å². The highest BCUT2D eigenvalue weighted by Crippen LogP contribution is 2.39. The largest absolute Gasteiger partial charge is 0.378 e. The summed E-state index contributed by atoms with van der Waals surface area (Å²) in [6, 6.07) is 9.10. The summed E-state index contributed by atoms with van der Waals surface area (Å²) in [5.74, 6) is 1.78. The molecule has 2 N–H and O–H groups in total. The van der Waals surface area contributed by atoms with Crippen LogP contribution < -0.4 is 10.6 Å². The minimum atomic E-state index is 0.337. The summed E-state index contributed by atoms with van der Waals surface area (Å²) in [5, 5.41) is 0. The van der Waals surface area contributed by atoms with Gasteiger partial charge in [0.05, 0.1) is 0 Å². The van der Waals surface area contributed by atoms with Gasteiger partial charge in [0, 0.05) is 38.9 Å². The van der Waals surface area contributed by atoms with E-state index in [4.69, 9.17) is 5.73 Å². The molecule has 0 radical (unpaired) electrons. The van der Waals surface area contributed by atoms with Crippen LogP contribution in [0.15, 0.2) is 24.3 Å². The van der Waals surface area contributed by atoms with E-state index in [-0.39, 0.29) is 0 Å². The molecular weight excluding hydrogens is 234 g/mol. The van der Waals surface area contributed by atoms with E-state index in [9.17, 15) is 0 Å². The zero-order valence-corrected chi connectivity index (χ0v) is 12.6. The zero-order valence-electron chi connectivity index (χ0n) is 12.6. The lowest BCUT2D eigenvalue weighted by Gasteiger charge is -2.28. The van der Waals surface area contributed by atoms with Gasteiger partial charge in [-0.25, -0.2) is 0 Å². The Morgan fingerprint density at radius 3 is 2.21 bits per heavy atom. The van der Waals surface area contributed by atoms with Gasteiger partial charge in [0.2, 0.25) is 0 Å². The Morgan fingerprint density at radius 2 is 1.79 bits per heavy atom. The van der Waals surface area contributed by atoms with E-state index in [1.165, 1.54) is 24.2 Å². The lowest BCUT2D eigenvalue weighted by molar-refractivity contribution is 0.237. The number of benzene rings is 1. The second-order valence-corrected chi connectivity index (χ2v) is 6.15. The Bertz CT molecular complexity index is 399. The summed E-state index contributed by atoms with van der Waals surface area (Å²) >= 11 is 0. The fourth-order valence-corrected chi connectivity index (χ4v) is 2.72. The highest BCUT2D eigenvalue weighted by Gasteiger charge is 2.34. The van der Waals surface area contributed by atoms with Gasteiger partial charge in [-0.3, -0.25) is 4.90 Å². The van der Waals surface area contributed by atoms with E-state index in [0.717, 1.165) is 11.8 Å². The molecule has 1 saturated carbocycles. The normalized spacial score (nSPS) is 23.5. The van der Waals surface area contributed by atoms with Crippen LogP contribution in [0.1, 0.15) is 24.9 Å². The number of anilines is 1. The molecule has 0 spiro atoms. The van der Waals surface area contributed by atoms with Gasteiger partial charge in [0.15, 0.2) is 0 Å². The predicted molar refractivity (Wildman–Crippen MR) is 82.5 cm³/mol. The molecule has 0 heterocycles. The van der Waals surface area contributed by atoms with Gasteiger partial charge in [-0.1, -0.05) is 19.1 Å². The van der Waals surface area contributed by atoms with Gasteiger partial charge >= 0.3 is 0 Å². The van der Waals surface area contributed by atoms with Crippen LogP contribution in [0.25, 0.3) is 0 Å². The fourth-order valence-electron chi connectivity index (χ4n) is 2.72. The molecule has 1 aliphatic carbocycles. The van der Waals surface area contributed by atoms with Crippen molar-refractivity contribution in [3.05, 3.63) is 29.8 Å². The number of likely N-dealkylation sites (N-methyl/N-ethyl adjacent to an activating group) is 1. The van der Waals surface area contributed by atoms with Crippen LogP contribution in [0.4, 0.5) is 5.69 Å². The van der Waals surface area contributed by atoms with Gasteiger partial charge in [-0.15, -0.1) is 0 Å². The number of hydrogen-bond acceptors (Lipinski definition) is 3. The van der Waals surface area contributed by atoms with Crippen molar-refractivity contribution in [1.82, 2.24) is 4.90 Å². The van der Waals surface area contributed by atoms with Crippen molar-refractivity contribution >= 4 is 5.69 Å². The van der Waals surface area contributed by atoms with Crippen molar-refractivity contribution in [2.45, 2.75) is 19.4 Å². The van der Waals surface area contributed by atoms with Gasteiger partial charge in [-0.2, -0.15) is 0 Å². The van der Waals surface area contributed by atoms with Gasteiger partial charge in [-0.05, 0) is 43.0 Å². The molecule has 3 heteroatoms. The van der Waals surface area contributed by atoms with Crippen molar-refractivity contribution in [2.75, 3.05) is 39.1 Å². The summed E-state index contributed by atoms with van der Waals surface area (Å²) in [7, 11) is 6.33. The molecule has 3 nitrogen and oxygen atoms in total. The van der Waals surface area contributed by atoms with Crippen LogP contribution in [0, 0.1) is 11.8 Å². The topological polar surface area (TPSA) is 32.5 Å². The number of nitrogens with zero attached hydrogens (tertiary/aromatic N) is 2. The van der Waals surface area contributed by atoms with Crippen molar-refractivity contribution in [3.8, 4) is 0 Å². The minimum Gasteiger partial charge on any atom is -0.378 e. The van der Waals surface area contributed by atoms with Crippen LogP contribution in [0.5, 0.6) is 0 Å². The average molecular weight is 261 g/mol. The van der Waals surface area contributed by atoms with Crippen LogP contribution in [0.2, 0.25) is 0 Å². The quantitative estimate of drug-likeness (QED) is 0.853. The van der Waals surface area contributed by atoms with E-state index in [1.807, 2.05) is 0 Å². The molecule has 3 atom stereocenters. The molecule has 3 unspecified atom stereocenters. The molecule has 0 aliphatic heterocycles. The molecule has 1 fully saturated rings. The van der Waals surface area contributed by atoms with E-state index < -0.39 is 0 Å². The van der Waals surface area contributed by atoms with Crippen LogP contribution in [-0.2, 0) is 0 Å². The molecule has 0 aromatic heterocycles. The summed E-state index contributed by atoms with van der Waals surface area (Å²) in [6.45, 7) is 4.18. The molecule has 19 heavy (non-hydrogen) atoms. The summed E-state index contributed by atoms with van der Waals surface area (Å²) in [6.07, 6.45) is 1.38. The van der Waals surface area contributed by atoms with Crippen molar-refractivity contribution < 1.29 is 0 Å². The monoisotopic (exact) mass is 261 g/mol. The lowest BCUT2D eigenvalue weighted by Crippen LogP contribution is -2.32. The van der Waals surface area contributed by atoms with Crippen LogP contribution in [0.3, 0.4) is 0 Å². The van der Waals surface area contributed by atoms with E-state index in [0.29, 0.717) is 12.6 Å². The smallest absolute Gasteiger partial charge is 0.0467 e. The highest BCUT2D eigenvalue weighted by molar-refractivity contribution is 5.46. The second-order valence-electron chi connectivity index (χ2n) is 6.15. The third-order valence-electron chi connectivity index (χ3n) is 4.35. The molecule has 1 aromatic carbocycles. The van der Waals surface area contributed by atoms with E-state index in [1.54, 1.807) is 0 Å². The second kappa shape index (κ2) is 5.93. The average Bonchev–Trinajstić information content (AvgIpc) is 3.06. The maximum atomic E-state index is 5.98. The van der Waals surface area contributed by atoms with Crippen molar-refractivity contribution in [2.24, 2.45) is 17.6 Å². The predicted octanol–water partition coefficient (Wildman–Crippen LogP) is 2.34. The Morgan fingerprint density at radius 1 is 1.21 bits per heavy atom. The number of rotatable bonds is 6. The molecule has 1 aromatic rings. The molecule has 2 rings (SSSR count). The minimum absolute atomic E-state index is 0.337. The molecular formula is C16H27N3. The zero-order chi connectivity index (χ0) is 14.0. The first-order chi connectivity index (χ1) is 9.02. The first-order valence-electron chi connectivity index (χ1n) is 7.20. The third-order valence-corrected chi connectivity index (χ3v) is 4.35. The Labute approximate surface area is 117 Å². The molecule has 1 aliphatic rings. The standard InChI is InChI=1S/C16H27N3/c1-12-9-14(12)11-19(4)16(10-17)13-5-7-15(8-6-13)18(2)3/h5-8,12,14,16H,9-11,17H2,1-4H3. The molecule has 0 bridgehead atoms. The highest BCUT2D eigenvalue weighted by atomic mass is 15.1. The summed E-state index contributed by atoms with van der Waals surface area (Å²) < 4.78 is 0. The lowest BCUT2D eigenvalue weighted by atomic mass is 10.0. The van der Waals surface area contributed by atoms with Crippen molar-refractivity contribution in [1.29, 1.82) is 0 Å². The van der Waals surface area contributed by atoms with Crippen LogP contribution >= 0.6 is 0 Å². The number of nitrogens with two attached hydrogens (primary N) is 1. The van der Waals surface area contributed by atoms with Gasteiger partial charge < -0.3 is 10.6 Å². The summed E-state index contributed by atoms with van der Waals surface area (Å²) in [4.78, 5) is 4.54. The molecule has 106 valence electrons. The van der Waals surface area contributed by atoms with E-state index in [2.05, 4.69) is 62.1 Å². The molecule has 0 saturated heterocycles. The summed E-state index contributed by atoms with van der Waals surface area (Å²) in [5.41, 5.74) is 8.54. The van der Waals surface area contributed by atoms with Crippen LogP contribution in [-0.4, -0.2) is 39.1 Å². The Balaban J connectivity index is 2.03.